The molecule has 0 fully saturated rings. The smallest absolute Gasteiger partial charge is 0.0352 e. The quantitative estimate of drug-likeness (QED) is 0.585. The van der Waals surface area contributed by atoms with Crippen molar-refractivity contribution >= 4 is 6.08 Å². The van der Waals surface area contributed by atoms with E-state index >= 15 is 0 Å². The van der Waals surface area contributed by atoms with Gasteiger partial charge in [-0.3, -0.25) is 0 Å². The first-order chi connectivity index (χ1) is 6.50. The van der Waals surface area contributed by atoms with Crippen molar-refractivity contribution in [2.45, 2.75) is 26.2 Å². The van der Waals surface area contributed by atoms with Crippen LogP contribution in [0.15, 0.2) is 24.8 Å². The van der Waals surface area contributed by atoms with Gasteiger partial charge in [0.2, 0.25) is 0 Å². The maximum absolute atomic E-state index is 5.53. The summed E-state index contributed by atoms with van der Waals surface area (Å²) < 4.78 is 0. The van der Waals surface area contributed by atoms with Gasteiger partial charge in [-0.2, -0.15) is 0 Å². The van der Waals surface area contributed by atoms with Gasteiger partial charge in [0.1, 0.15) is 0 Å². The molecule has 0 aromatic heterocycles. The molecule has 0 heterocycles. The van der Waals surface area contributed by atoms with Gasteiger partial charge in [0.15, 0.2) is 0 Å². The van der Waals surface area contributed by atoms with Gasteiger partial charge in [-0.1, -0.05) is 57.5 Å². The van der Waals surface area contributed by atoms with Crippen LogP contribution in [0.25, 0.3) is 6.08 Å². The summed E-state index contributed by atoms with van der Waals surface area (Å²) in [5.41, 5.74) is 3.30. The molecule has 0 amide bonds. The molecule has 0 saturated heterocycles. The van der Waals surface area contributed by atoms with Crippen molar-refractivity contribution in [3.63, 3.8) is 0 Å². The molecule has 72 valence electrons. The van der Waals surface area contributed by atoms with Crippen LogP contribution in [0.2, 0.25) is 0 Å². The van der Waals surface area contributed by atoms with Gasteiger partial charge in [-0.25, -0.2) is 0 Å². The van der Waals surface area contributed by atoms with E-state index in [2.05, 4.69) is 39.3 Å². The largest absolute Gasteiger partial charge is 0.115 e. The second kappa shape index (κ2) is 3.72. The Bertz CT molecular complexity index is 383. The average Bonchev–Trinajstić information content (AvgIpc) is 2.15. The van der Waals surface area contributed by atoms with Crippen LogP contribution < -0.4 is 0 Å². The summed E-state index contributed by atoms with van der Waals surface area (Å²) in [7, 11) is 0. The molecule has 0 heteroatoms. The van der Waals surface area contributed by atoms with E-state index in [1.54, 1.807) is 0 Å². The molecule has 0 atom stereocenters. The van der Waals surface area contributed by atoms with Gasteiger partial charge < -0.3 is 0 Å². The molecule has 0 N–H and O–H groups in total. The lowest BCUT2D eigenvalue weighted by Gasteiger charge is -2.21. The lowest BCUT2D eigenvalue weighted by atomic mass is 9.82. The van der Waals surface area contributed by atoms with E-state index in [1.807, 2.05) is 18.2 Å². The Morgan fingerprint density at radius 1 is 1.36 bits per heavy atom. The van der Waals surface area contributed by atoms with Crippen LogP contribution in [0.1, 0.15) is 37.5 Å². The van der Waals surface area contributed by atoms with Crippen LogP contribution in [0.5, 0.6) is 0 Å². The Morgan fingerprint density at radius 2 is 2.00 bits per heavy atom. The van der Waals surface area contributed by atoms with Gasteiger partial charge >= 0.3 is 0 Å². The number of benzene rings is 1. The average molecular weight is 184 g/mol. The number of rotatable bonds is 1. The van der Waals surface area contributed by atoms with Crippen molar-refractivity contribution in [3.05, 3.63) is 41.5 Å². The van der Waals surface area contributed by atoms with Gasteiger partial charge in [0.05, 0.1) is 0 Å². The second-order valence-electron chi connectivity index (χ2n) is 4.37. The number of hydrogen-bond donors (Lipinski definition) is 0. The van der Waals surface area contributed by atoms with Crippen molar-refractivity contribution in [3.8, 4) is 12.3 Å². The zero-order valence-corrected chi connectivity index (χ0v) is 9.09. The van der Waals surface area contributed by atoms with Gasteiger partial charge in [-0.05, 0) is 16.5 Å². The summed E-state index contributed by atoms with van der Waals surface area (Å²) in [6.07, 6.45) is 7.34. The molecular formula is C14H16. The number of hydrogen-bond acceptors (Lipinski definition) is 0. The molecule has 0 aliphatic carbocycles. The van der Waals surface area contributed by atoms with E-state index in [-0.39, 0.29) is 5.41 Å². The van der Waals surface area contributed by atoms with E-state index in [0.717, 1.165) is 11.1 Å². The third kappa shape index (κ3) is 1.88. The summed E-state index contributed by atoms with van der Waals surface area (Å²) in [5.74, 6) is 2.75. The highest BCUT2D eigenvalue weighted by Gasteiger charge is 2.17. The Hall–Kier alpha value is -1.48. The second-order valence-corrected chi connectivity index (χ2v) is 4.37. The van der Waals surface area contributed by atoms with Gasteiger partial charge in [-0.15, -0.1) is 6.42 Å². The van der Waals surface area contributed by atoms with E-state index in [9.17, 15) is 0 Å². The first kappa shape index (κ1) is 10.6. The van der Waals surface area contributed by atoms with Crippen LogP contribution in [-0.4, -0.2) is 0 Å². The molecule has 0 saturated carbocycles. The third-order valence-corrected chi connectivity index (χ3v) is 2.27. The summed E-state index contributed by atoms with van der Waals surface area (Å²) in [5, 5.41) is 0. The Morgan fingerprint density at radius 3 is 2.43 bits per heavy atom. The summed E-state index contributed by atoms with van der Waals surface area (Å²) in [6, 6.07) is 6.11. The molecule has 1 rings (SSSR count). The SMILES string of the molecule is C#Cc1c(C=C)cccc1C(C)(C)C. The van der Waals surface area contributed by atoms with Crippen LogP contribution in [0, 0.1) is 12.3 Å². The molecule has 0 radical (unpaired) electrons. The van der Waals surface area contributed by atoms with Crippen molar-refractivity contribution in [2.24, 2.45) is 0 Å². The van der Waals surface area contributed by atoms with Crippen LogP contribution in [0.3, 0.4) is 0 Å². The molecule has 0 aliphatic rings. The minimum Gasteiger partial charge on any atom is -0.115 e. The number of terminal acetylenes is 1. The molecule has 14 heavy (non-hydrogen) atoms. The monoisotopic (exact) mass is 184 g/mol. The minimum atomic E-state index is 0.0841. The highest BCUT2D eigenvalue weighted by Crippen LogP contribution is 2.27. The zero-order chi connectivity index (χ0) is 10.8. The van der Waals surface area contributed by atoms with E-state index in [0.29, 0.717) is 0 Å². The lowest BCUT2D eigenvalue weighted by molar-refractivity contribution is 0.588. The summed E-state index contributed by atoms with van der Waals surface area (Å²) >= 11 is 0. The Labute approximate surface area is 86.7 Å². The fourth-order valence-corrected chi connectivity index (χ4v) is 1.53. The third-order valence-electron chi connectivity index (χ3n) is 2.27. The van der Waals surface area contributed by atoms with Crippen LogP contribution >= 0.6 is 0 Å². The van der Waals surface area contributed by atoms with Gasteiger partial charge in [0, 0.05) is 5.56 Å². The molecule has 0 nitrogen and oxygen atoms in total. The van der Waals surface area contributed by atoms with Crippen molar-refractivity contribution in [1.29, 1.82) is 0 Å². The van der Waals surface area contributed by atoms with E-state index < -0.39 is 0 Å². The summed E-state index contributed by atoms with van der Waals surface area (Å²) in [4.78, 5) is 0. The van der Waals surface area contributed by atoms with Crippen LogP contribution in [0.4, 0.5) is 0 Å². The first-order valence-corrected chi connectivity index (χ1v) is 4.73. The van der Waals surface area contributed by atoms with Crippen molar-refractivity contribution in [2.75, 3.05) is 0 Å². The standard InChI is InChI=1S/C14H16/c1-6-11-9-8-10-13(12(11)7-2)14(3,4)5/h2,6,8-10H,1H2,3-5H3. The van der Waals surface area contributed by atoms with Gasteiger partial charge in [0.25, 0.3) is 0 Å². The minimum absolute atomic E-state index is 0.0841. The molecule has 0 aliphatic heterocycles. The Kier molecular flexibility index (Phi) is 2.81. The molecule has 1 aromatic carbocycles. The van der Waals surface area contributed by atoms with Crippen molar-refractivity contribution in [1.82, 2.24) is 0 Å². The van der Waals surface area contributed by atoms with Crippen molar-refractivity contribution < 1.29 is 0 Å². The molecule has 0 bridgehead atoms. The zero-order valence-electron chi connectivity index (χ0n) is 9.09. The van der Waals surface area contributed by atoms with E-state index in [1.165, 1.54) is 5.56 Å². The molecule has 1 aromatic rings. The highest BCUT2D eigenvalue weighted by molar-refractivity contribution is 5.61. The molecule has 0 unspecified atom stereocenters. The predicted molar refractivity (Wildman–Crippen MR) is 63.2 cm³/mol. The maximum Gasteiger partial charge on any atom is 0.0352 e. The fourth-order valence-electron chi connectivity index (χ4n) is 1.53. The fraction of sp³-hybridized carbons (Fsp3) is 0.286. The predicted octanol–water partition coefficient (Wildman–Crippen LogP) is 3.61. The molecular weight excluding hydrogens is 168 g/mol. The highest BCUT2D eigenvalue weighted by atomic mass is 14.2. The Balaban J connectivity index is 3.47. The first-order valence-electron chi connectivity index (χ1n) is 4.73. The summed E-state index contributed by atoms with van der Waals surface area (Å²) in [6.45, 7) is 10.3. The normalized spacial score (nSPS) is 10.7. The maximum atomic E-state index is 5.53. The lowest BCUT2D eigenvalue weighted by Crippen LogP contribution is -2.13. The topological polar surface area (TPSA) is 0 Å². The molecule has 0 spiro atoms. The van der Waals surface area contributed by atoms with E-state index in [4.69, 9.17) is 6.42 Å². The van der Waals surface area contributed by atoms with Crippen LogP contribution in [-0.2, 0) is 5.41 Å².